The average Bonchev–Trinajstić information content (AvgIpc) is 2.46. The molecule has 1 N–H and O–H groups in total. The van der Waals surface area contributed by atoms with Crippen molar-refractivity contribution in [3.05, 3.63) is 65.0 Å². The number of rotatable bonds is 4. The second-order valence-electron chi connectivity index (χ2n) is 4.88. The number of hydrogen-bond donors (Lipinski definition) is 1. The minimum atomic E-state index is -1.04. The monoisotopic (exact) mass is 284 g/mol. The molecule has 1 aromatic carbocycles. The second kappa shape index (κ2) is 6.17. The lowest BCUT2D eigenvalue weighted by molar-refractivity contribution is 0.0696. The van der Waals surface area contributed by atoms with Crippen molar-refractivity contribution in [3.63, 3.8) is 0 Å². The van der Waals surface area contributed by atoms with Gasteiger partial charge in [-0.3, -0.25) is 9.78 Å². The van der Waals surface area contributed by atoms with Crippen molar-refractivity contribution in [2.75, 3.05) is 7.05 Å². The molecule has 5 heteroatoms. The Balaban J connectivity index is 2.21. The lowest BCUT2D eigenvalue weighted by atomic mass is 10.1. The largest absolute Gasteiger partial charge is 0.478 e. The van der Waals surface area contributed by atoms with Crippen LogP contribution in [0.5, 0.6) is 0 Å². The van der Waals surface area contributed by atoms with Gasteiger partial charge in [0, 0.05) is 18.8 Å². The van der Waals surface area contributed by atoms with Crippen molar-refractivity contribution in [2.45, 2.75) is 13.5 Å². The summed E-state index contributed by atoms with van der Waals surface area (Å²) in [5.41, 5.74) is 2.00. The van der Waals surface area contributed by atoms with Crippen molar-refractivity contribution in [1.29, 1.82) is 0 Å². The molecule has 0 unspecified atom stereocenters. The predicted octanol–water partition coefficient (Wildman–Crippen LogP) is 2.36. The molecule has 0 aliphatic rings. The molecule has 0 fully saturated rings. The van der Waals surface area contributed by atoms with Gasteiger partial charge in [0.15, 0.2) is 0 Å². The van der Waals surface area contributed by atoms with Gasteiger partial charge in [0.05, 0.1) is 17.8 Å². The van der Waals surface area contributed by atoms with Gasteiger partial charge >= 0.3 is 5.97 Å². The van der Waals surface area contributed by atoms with E-state index in [4.69, 9.17) is 5.11 Å². The first kappa shape index (κ1) is 14.7. The van der Waals surface area contributed by atoms with Gasteiger partial charge in [0.2, 0.25) is 0 Å². The number of aryl methyl sites for hydroxylation is 1. The molecule has 0 aliphatic heterocycles. The van der Waals surface area contributed by atoms with Gasteiger partial charge in [-0.1, -0.05) is 6.07 Å². The number of aromatic nitrogens is 1. The molecule has 5 nitrogen and oxygen atoms in total. The number of carboxylic acids is 1. The minimum Gasteiger partial charge on any atom is -0.478 e. The molecule has 0 spiro atoms. The van der Waals surface area contributed by atoms with Crippen LogP contribution in [0.1, 0.15) is 32.0 Å². The number of benzene rings is 1. The van der Waals surface area contributed by atoms with Crippen LogP contribution in [0.2, 0.25) is 0 Å². The summed E-state index contributed by atoms with van der Waals surface area (Å²) in [5.74, 6) is -1.27. The number of hydrogen-bond acceptors (Lipinski definition) is 3. The van der Waals surface area contributed by atoms with Gasteiger partial charge in [0.25, 0.3) is 5.91 Å². The number of pyridine rings is 1. The maximum atomic E-state index is 12.4. The highest BCUT2D eigenvalue weighted by Crippen LogP contribution is 2.13. The fraction of sp³-hybridized carbons (Fsp3) is 0.188. The maximum absolute atomic E-state index is 12.4. The van der Waals surface area contributed by atoms with Crippen LogP contribution in [0, 0.1) is 6.92 Å². The SMILES string of the molecule is Cc1cc(C(=O)O)cc(C(=O)N(C)Cc2ccccn2)c1. The van der Waals surface area contributed by atoms with Crippen molar-refractivity contribution in [1.82, 2.24) is 9.88 Å². The van der Waals surface area contributed by atoms with Crippen molar-refractivity contribution < 1.29 is 14.7 Å². The Morgan fingerprint density at radius 1 is 1.19 bits per heavy atom. The van der Waals surface area contributed by atoms with E-state index < -0.39 is 5.97 Å². The van der Waals surface area contributed by atoms with Crippen LogP contribution in [0.25, 0.3) is 0 Å². The van der Waals surface area contributed by atoms with Gasteiger partial charge in [-0.05, 0) is 42.8 Å². The first-order chi connectivity index (χ1) is 9.97. The zero-order valence-electron chi connectivity index (χ0n) is 11.9. The van der Waals surface area contributed by atoms with Crippen LogP contribution in [-0.2, 0) is 6.54 Å². The summed E-state index contributed by atoms with van der Waals surface area (Å²) >= 11 is 0. The Bertz CT molecular complexity index is 668. The van der Waals surface area contributed by atoms with Crippen molar-refractivity contribution in [2.24, 2.45) is 0 Å². The van der Waals surface area contributed by atoms with Gasteiger partial charge in [0.1, 0.15) is 0 Å². The molecule has 0 bridgehead atoms. The maximum Gasteiger partial charge on any atom is 0.335 e. The summed E-state index contributed by atoms with van der Waals surface area (Å²) in [6, 6.07) is 10.1. The third kappa shape index (κ3) is 3.66. The lowest BCUT2D eigenvalue weighted by Crippen LogP contribution is -2.26. The highest BCUT2D eigenvalue weighted by Gasteiger charge is 2.15. The summed E-state index contributed by atoms with van der Waals surface area (Å²) in [5, 5.41) is 9.05. The highest BCUT2D eigenvalue weighted by molar-refractivity contribution is 5.97. The summed E-state index contributed by atoms with van der Waals surface area (Å²) in [6.45, 7) is 2.14. The number of aromatic carboxylic acids is 1. The smallest absolute Gasteiger partial charge is 0.335 e. The highest BCUT2D eigenvalue weighted by atomic mass is 16.4. The van der Waals surface area contributed by atoms with Crippen LogP contribution in [0.15, 0.2) is 42.6 Å². The van der Waals surface area contributed by atoms with Gasteiger partial charge < -0.3 is 10.0 Å². The Labute approximate surface area is 122 Å². The zero-order chi connectivity index (χ0) is 15.4. The fourth-order valence-corrected chi connectivity index (χ4v) is 2.06. The fourth-order valence-electron chi connectivity index (χ4n) is 2.06. The Morgan fingerprint density at radius 3 is 2.52 bits per heavy atom. The molecule has 0 aliphatic carbocycles. The third-order valence-corrected chi connectivity index (χ3v) is 3.04. The van der Waals surface area contributed by atoms with Gasteiger partial charge in [-0.25, -0.2) is 4.79 Å². The molecule has 0 atom stereocenters. The first-order valence-electron chi connectivity index (χ1n) is 6.47. The van der Waals surface area contributed by atoms with E-state index in [1.165, 1.54) is 17.0 Å². The molecule has 2 aromatic rings. The van der Waals surface area contributed by atoms with E-state index in [2.05, 4.69) is 4.98 Å². The topological polar surface area (TPSA) is 70.5 Å². The van der Waals surface area contributed by atoms with Gasteiger partial charge in [-0.2, -0.15) is 0 Å². The van der Waals surface area contributed by atoms with Crippen molar-refractivity contribution >= 4 is 11.9 Å². The Hall–Kier alpha value is -2.69. The Morgan fingerprint density at radius 2 is 1.90 bits per heavy atom. The molecule has 1 aromatic heterocycles. The minimum absolute atomic E-state index is 0.115. The predicted molar refractivity (Wildman–Crippen MR) is 78.2 cm³/mol. The number of nitrogens with zero attached hydrogens (tertiary/aromatic N) is 2. The molecule has 0 saturated heterocycles. The molecule has 2 rings (SSSR count). The van der Waals surface area contributed by atoms with E-state index >= 15 is 0 Å². The van der Waals surface area contributed by atoms with E-state index in [9.17, 15) is 9.59 Å². The van der Waals surface area contributed by atoms with E-state index in [0.717, 1.165) is 11.3 Å². The lowest BCUT2D eigenvalue weighted by Gasteiger charge is -2.17. The normalized spacial score (nSPS) is 10.2. The number of carbonyl (C=O) groups is 2. The second-order valence-corrected chi connectivity index (χ2v) is 4.88. The molecule has 21 heavy (non-hydrogen) atoms. The first-order valence-corrected chi connectivity index (χ1v) is 6.47. The molecule has 1 heterocycles. The molecule has 0 saturated carbocycles. The van der Waals surface area contributed by atoms with Gasteiger partial charge in [-0.15, -0.1) is 0 Å². The van der Waals surface area contributed by atoms with Crippen LogP contribution >= 0.6 is 0 Å². The number of amides is 1. The van der Waals surface area contributed by atoms with Crippen molar-refractivity contribution in [3.8, 4) is 0 Å². The average molecular weight is 284 g/mol. The van der Waals surface area contributed by atoms with E-state index in [1.54, 1.807) is 26.2 Å². The molecule has 1 amide bonds. The standard InChI is InChI=1S/C16H16N2O3/c1-11-7-12(9-13(8-11)16(20)21)15(19)18(2)10-14-5-3-4-6-17-14/h3-9H,10H2,1-2H3,(H,20,21). The Kier molecular flexibility index (Phi) is 4.33. The molecular weight excluding hydrogens is 268 g/mol. The molecule has 108 valence electrons. The summed E-state index contributed by atoms with van der Waals surface area (Å²) in [7, 11) is 1.67. The summed E-state index contributed by atoms with van der Waals surface area (Å²) in [6.07, 6.45) is 1.67. The molecule has 0 radical (unpaired) electrons. The van der Waals surface area contributed by atoms with Crippen LogP contribution in [-0.4, -0.2) is 33.9 Å². The van der Waals surface area contributed by atoms with E-state index in [-0.39, 0.29) is 11.5 Å². The number of carboxylic acid groups (broad SMARTS) is 1. The van der Waals surface area contributed by atoms with E-state index in [1.807, 2.05) is 18.2 Å². The van der Waals surface area contributed by atoms with Crippen LogP contribution in [0.3, 0.4) is 0 Å². The molecular formula is C16H16N2O3. The summed E-state index contributed by atoms with van der Waals surface area (Å²) in [4.78, 5) is 29.1. The number of carbonyl (C=O) groups excluding carboxylic acids is 1. The van der Waals surface area contributed by atoms with Crippen LogP contribution in [0.4, 0.5) is 0 Å². The summed E-state index contributed by atoms with van der Waals surface area (Å²) < 4.78 is 0. The zero-order valence-corrected chi connectivity index (χ0v) is 11.9. The quantitative estimate of drug-likeness (QED) is 0.935. The van der Waals surface area contributed by atoms with E-state index in [0.29, 0.717) is 12.1 Å². The third-order valence-electron chi connectivity index (χ3n) is 3.04. The van der Waals surface area contributed by atoms with Crippen LogP contribution < -0.4 is 0 Å².